The van der Waals surface area contributed by atoms with Crippen LogP contribution in [-0.2, 0) is 0 Å². The topological polar surface area (TPSA) is 20.2 Å². The Hall–Kier alpha value is -0.770. The fourth-order valence-electron chi connectivity index (χ4n) is 1.62. The standard InChI is InChI=1S/C14H16OS2/c1-10-5-3-4-6-14(10)17-9-13(15)12-7-11(2)16-8-12/h3-8,13,15H,9H2,1-2H3. The van der Waals surface area contributed by atoms with E-state index in [9.17, 15) is 5.11 Å². The fraction of sp³-hybridized carbons (Fsp3) is 0.286. The Kier molecular flexibility index (Phi) is 4.26. The molecule has 2 aromatic rings. The summed E-state index contributed by atoms with van der Waals surface area (Å²) in [5.74, 6) is 0.709. The second-order valence-electron chi connectivity index (χ2n) is 4.08. The molecule has 0 fully saturated rings. The van der Waals surface area contributed by atoms with Crippen LogP contribution in [0.15, 0.2) is 40.6 Å². The fourth-order valence-corrected chi connectivity index (χ4v) is 3.37. The molecule has 1 heterocycles. The van der Waals surface area contributed by atoms with E-state index < -0.39 is 0 Å². The molecule has 2 rings (SSSR count). The summed E-state index contributed by atoms with van der Waals surface area (Å²) >= 11 is 3.40. The molecule has 0 radical (unpaired) electrons. The average Bonchev–Trinajstić information content (AvgIpc) is 2.74. The largest absolute Gasteiger partial charge is 0.388 e. The van der Waals surface area contributed by atoms with Gasteiger partial charge in [-0.15, -0.1) is 23.1 Å². The van der Waals surface area contributed by atoms with E-state index in [2.05, 4.69) is 32.0 Å². The SMILES string of the molecule is Cc1cc(C(O)CSc2ccccc2C)cs1. The van der Waals surface area contributed by atoms with Crippen molar-refractivity contribution in [1.82, 2.24) is 0 Å². The maximum Gasteiger partial charge on any atom is 0.0892 e. The smallest absolute Gasteiger partial charge is 0.0892 e. The molecule has 0 bridgehead atoms. The average molecular weight is 264 g/mol. The minimum atomic E-state index is -0.371. The van der Waals surface area contributed by atoms with Crippen LogP contribution in [-0.4, -0.2) is 10.9 Å². The van der Waals surface area contributed by atoms with Gasteiger partial charge >= 0.3 is 0 Å². The Bertz CT molecular complexity index is 490. The van der Waals surface area contributed by atoms with Gasteiger partial charge in [-0.3, -0.25) is 0 Å². The quantitative estimate of drug-likeness (QED) is 0.836. The molecule has 0 spiro atoms. The first kappa shape index (κ1) is 12.7. The molecule has 1 nitrogen and oxygen atoms in total. The number of aliphatic hydroxyl groups is 1. The summed E-state index contributed by atoms with van der Waals surface area (Å²) in [6, 6.07) is 10.3. The summed E-state index contributed by atoms with van der Waals surface area (Å²) < 4.78 is 0. The van der Waals surface area contributed by atoms with Crippen LogP contribution in [0.4, 0.5) is 0 Å². The van der Waals surface area contributed by atoms with E-state index in [4.69, 9.17) is 0 Å². The van der Waals surface area contributed by atoms with Crippen molar-refractivity contribution in [2.45, 2.75) is 24.8 Å². The third-order valence-electron chi connectivity index (χ3n) is 2.63. The third kappa shape index (κ3) is 3.35. The molecular weight excluding hydrogens is 248 g/mol. The van der Waals surface area contributed by atoms with E-state index in [1.54, 1.807) is 23.1 Å². The van der Waals surface area contributed by atoms with Crippen LogP contribution in [0.3, 0.4) is 0 Å². The van der Waals surface area contributed by atoms with Gasteiger partial charge in [0.25, 0.3) is 0 Å². The molecule has 90 valence electrons. The van der Waals surface area contributed by atoms with Crippen molar-refractivity contribution in [1.29, 1.82) is 0 Å². The van der Waals surface area contributed by atoms with Gasteiger partial charge in [0.05, 0.1) is 6.10 Å². The van der Waals surface area contributed by atoms with E-state index in [-0.39, 0.29) is 6.10 Å². The monoisotopic (exact) mass is 264 g/mol. The highest BCUT2D eigenvalue weighted by Crippen LogP contribution is 2.28. The first-order valence-corrected chi connectivity index (χ1v) is 7.45. The highest BCUT2D eigenvalue weighted by molar-refractivity contribution is 7.99. The van der Waals surface area contributed by atoms with Crippen molar-refractivity contribution in [2.75, 3.05) is 5.75 Å². The summed E-state index contributed by atoms with van der Waals surface area (Å²) in [7, 11) is 0. The van der Waals surface area contributed by atoms with Crippen LogP contribution in [0.5, 0.6) is 0 Å². The molecule has 0 saturated carbocycles. The number of aryl methyl sites for hydroxylation is 2. The van der Waals surface area contributed by atoms with E-state index in [0.717, 1.165) is 5.56 Å². The number of thioether (sulfide) groups is 1. The number of hydrogen-bond donors (Lipinski definition) is 1. The van der Waals surface area contributed by atoms with Crippen molar-refractivity contribution in [3.8, 4) is 0 Å². The summed E-state index contributed by atoms with van der Waals surface area (Å²) in [6.07, 6.45) is -0.371. The summed E-state index contributed by atoms with van der Waals surface area (Å²) in [6.45, 7) is 4.17. The minimum absolute atomic E-state index is 0.371. The van der Waals surface area contributed by atoms with E-state index >= 15 is 0 Å². The highest BCUT2D eigenvalue weighted by atomic mass is 32.2. The number of aliphatic hydroxyl groups excluding tert-OH is 1. The number of hydrogen-bond acceptors (Lipinski definition) is 3. The summed E-state index contributed by atoms with van der Waals surface area (Å²) in [5, 5.41) is 12.1. The normalized spacial score (nSPS) is 12.6. The maximum absolute atomic E-state index is 10.1. The molecule has 1 aromatic heterocycles. The van der Waals surface area contributed by atoms with Gasteiger partial charge in [-0.25, -0.2) is 0 Å². The second kappa shape index (κ2) is 5.71. The van der Waals surface area contributed by atoms with Crippen LogP contribution >= 0.6 is 23.1 Å². The van der Waals surface area contributed by atoms with Gasteiger partial charge in [0.15, 0.2) is 0 Å². The molecule has 1 atom stereocenters. The molecule has 1 aromatic carbocycles. The Labute approximate surface area is 111 Å². The second-order valence-corrected chi connectivity index (χ2v) is 6.26. The molecule has 0 amide bonds. The van der Waals surface area contributed by atoms with Gasteiger partial charge in [0, 0.05) is 15.5 Å². The molecule has 0 aliphatic carbocycles. The Morgan fingerprint density at radius 2 is 2.06 bits per heavy atom. The van der Waals surface area contributed by atoms with E-state index in [1.807, 2.05) is 17.5 Å². The molecule has 3 heteroatoms. The van der Waals surface area contributed by atoms with E-state index in [1.165, 1.54) is 15.3 Å². The Morgan fingerprint density at radius 3 is 2.71 bits per heavy atom. The number of thiophene rings is 1. The lowest BCUT2D eigenvalue weighted by Crippen LogP contribution is -1.98. The zero-order chi connectivity index (χ0) is 12.3. The number of rotatable bonds is 4. The van der Waals surface area contributed by atoms with Gasteiger partial charge < -0.3 is 5.11 Å². The lowest BCUT2D eigenvalue weighted by molar-refractivity contribution is 0.204. The first-order valence-electron chi connectivity index (χ1n) is 5.58. The minimum Gasteiger partial charge on any atom is -0.388 e. The molecule has 0 aliphatic heterocycles. The lowest BCUT2D eigenvalue weighted by atomic mass is 10.2. The molecule has 0 aliphatic rings. The Balaban J connectivity index is 1.97. The van der Waals surface area contributed by atoms with Crippen LogP contribution in [0, 0.1) is 13.8 Å². The van der Waals surface area contributed by atoms with Crippen LogP contribution in [0.1, 0.15) is 22.1 Å². The zero-order valence-corrected chi connectivity index (χ0v) is 11.6. The Morgan fingerprint density at radius 1 is 1.29 bits per heavy atom. The van der Waals surface area contributed by atoms with Crippen molar-refractivity contribution >= 4 is 23.1 Å². The first-order chi connectivity index (χ1) is 8.16. The molecule has 1 N–H and O–H groups in total. The van der Waals surface area contributed by atoms with Gasteiger partial charge in [-0.05, 0) is 42.5 Å². The lowest BCUT2D eigenvalue weighted by Gasteiger charge is -2.09. The number of benzene rings is 1. The predicted molar refractivity (Wildman–Crippen MR) is 75.9 cm³/mol. The van der Waals surface area contributed by atoms with Gasteiger partial charge in [0.1, 0.15) is 0 Å². The van der Waals surface area contributed by atoms with Crippen LogP contribution in [0.25, 0.3) is 0 Å². The highest BCUT2D eigenvalue weighted by Gasteiger charge is 2.10. The van der Waals surface area contributed by atoms with Crippen LogP contribution in [0.2, 0.25) is 0 Å². The summed E-state index contributed by atoms with van der Waals surface area (Å²) in [5.41, 5.74) is 2.31. The maximum atomic E-state index is 10.1. The molecule has 0 saturated heterocycles. The van der Waals surface area contributed by atoms with Gasteiger partial charge in [-0.2, -0.15) is 0 Å². The van der Waals surface area contributed by atoms with Crippen molar-refractivity contribution in [3.05, 3.63) is 51.7 Å². The van der Waals surface area contributed by atoms with E-state index in [0.29, 0.717) is 5.75 Å². The zero-order valence-electron chi connectivity index (χ0n) is 10.0. The summed E-state index contributed by atoms with van der Waals surface area (Å²) in [4.78, 5) is 2.50. The van der Waals surface area contributed by atoms with Crippen molar-refractivity contribution < 1.29 is 5.11 Å². The molecular formula is C14H16OS2. The molecule has 17 heavy (non-hydrogen) atoms. The van der Waals surface area contributed by atoms with Gasteiger partial charge in [0.2, 0.25) is 0 Å². The third-order valence-corrected chi connectivity index (χ3v) is 4.76. The van der Waals surface area contributed by atoms with Crippen molar-refractivity contribution in [2.24, 2.45) is 0 Å². The predicted octanol–water partition coefficient (Wildman–Crippen LogP) is 4.19. The van der Waals surface area contributed by atoms with Crippen molar-refractivity contribution in [3.63, 3.8) is 0 Å². The molecule has 1 unspecified atom stereocenters. The van der Waals surface area contributed by atoms with Crippen LogP contribution < -0.4 is 0 Å². The van der Waals surface area contributed by atoms with Gasteiger partial charge in [-0.1, -0.05) is 18.2 Å².